The highest BCUT2D eigenvalue weighted by atomic mass is 32.2. The highest BCUT2D eigenvalue weighted by molar-refractivity contribution is 8.03. The van der Waals surface area contributed by atoms with Crippen molar-refractivity contribution in [3.05, 3.63) is 34.6 Å². The van der Waals surface area contributed by atoms with Gasteiger partial charge in [0.25, 0.3) is 0 Å². The van der Waals surface area contributed by atoms with E-state index in [1.807, 2.05) is 29.9 Å². The Morgan fingerprint density at radius 3 is 2.68 bits per heavy atom. The Bertz CT molecular complexity index is 854. The second-order valence-electron chi connectivity index (χ2n) is 5.33. The first-order valence-corrected chi connectivity index (χ1v) is 11.5. The van der Waals surface area contributed by atoms with Crippen molar-refractivity contribution < 1.29 is 4.79 Å². The summed E-state index contributed by atoms with van der Waals surface area (Å²) in [5.74, 6) is 1.52. The maximum absolute atomic E-state index is 12.7. The van der Waals surface area contributed by atoms with Crippen molar-refractivity contribution in [2.24, 2.45) is 0 Å². The molecule has 5 nitrogen and oxygen atoms in total. The van der Waals surface area contributed by atoms with E-state index in [2.05, 4.69) is 22.1 Å². The number of hydrogen-bond donors (Lipinski definition) is 0. The van der Waals surface area contributed by atoms with Crippen molar-refractivity contribution in [2.75, 3.05) is 11.5 Å². The van der Waals surface area contributed by atoms with E-state index in [4.69, 9.17) is 0 Å². The molecular weight excluding hydrogens is 392 g/mol. The third-order valence-electron chi connectivity index (χ3n) is 3.49. The summed E-state index contributed by atoms with van der Waals surface area (Å²) in [4.78, 5) is 17.0. The number of thioether (sulfide) groups is 2. The summed E-state index contributed by atoms with van der Waals surface area (Å²) in [5.41, 5.74) is 2.72. The molecule has 0 bridgehead atoms. The monoisotopic (exact) mass is 410 g/mol. The van der Waals surface area contributed by atoms with Gasteiger partial charge in [-0.15, -0.1) is 21.5 Å². The van der Waals surface area contributed by atoms with Crippen LogP contribution in [0.15, 0.2) is 26.3 Å². The molecule has 0 unspecified atom stereocenters. The first-order chi connectivity index (χ1) is 12.1. The SMILES string of the molecule is CCCSc1nnc(SCC(=O)c2cc(C)n(-c3nccs3)c2C)s1. The van der Waals surface area contributed by atoms with Crippen LogP contribution in [0.5, 0.6) is 0 Å². The fraction of sp³-hybridized carbons (Fsp3) is 0.375. The third kappa shape index (κ3) is 4.33. The molecule has 25 heavy (non-hydrogen) atoms. The number of hydrogen-bond acceptors (Lipinski definition) is 8. The molecule has 0 radical (unpaired) electrons. The molecule has 3 rings (SSSR count). The van der Waals surface area contributed by atoms with Crippen molar-refractivity contribution in [3.63, 3.8) is 0 Å². The number of aromatic nitrogens is 4. The van der Waals surface area contributed by atoms with Crippen LogP contribution in [0.25, 0.3) is 5.13 Å². The summed E-state index contributed by atoms with van der Waals surface area (Å²) in [6.45, 7) is 6.11. The van der Waals surface area contributed by atoms with Crippen LogP contribution in [-0.4, -0.2) is 37.0 Å². The first kappa shape index (κ1) is 18.6. The molecule has 0 fully saturated rings. The molecule has 0 aliphatic heterocycles. The summed E-state index contributed by atoms with van der Waals surface area (Å²) in [7, 11) is 0. The number of Topliss-reactive ketones (excluding diaryl/α,β-unsaturated/α-hetero) is 1. The Kier molecular flexibility index (Phi) is 6.32. The number of ketones is 1. The van der Waals surface area contributed by atoms with Gasteiger partial charge >= 0.3 is 0 Å². The van der Waals surface area contributed by atoms with E-state index in [1.54, 1.807) is 40.6 Å². The summed E-state index contributed by atoms with van der Waals surface area (Å²) in [6.07, 6.45) is 2.89. The Morgan fingerprint density at radius 2 is 2.00 bits per heavy atom. The zero-order valence-electron chi connectivity index (χ0n) is 14.2. The molecule has 0 amide bonds. The van der Waals surface area contributed by atoms with Gasteiger partial charge in [0.15, 0.2) is 19.6 Å². The van der Waals surface area contributed by atoms with Gasteiger partial charge in [0.1, 0.15) is 0 Å². The quantitative estimate of drug-likeness (QED) is 0.390. The molecule has 132 valence electrons. The van der Waals surface area contributed by atoms with Gasteiger partial charge in [0.05, 0.1) is 5.75 Å². The predicted molar refractivity (Wildman–Crippen MR) is 107 cm³/mol. The lowest BCUT2D eigenvalue weighted by molar-refractivity contribution is 0.102. The number of nitrogens with zero attached hydrogens (tertiary/aromatic N) is 4. The second kappa shape index (κ2) is 8.48. The van der Waals surface area contributed by atoms with Crippen molar-refractivity contribution in [1.82, 2.24) is 19.7 Å². The zero-order valence-corrected chi connectivity index (χ0v) is 17.4. The third-order valence-corrected chi connectivity index (χ3v) is 7.64. The number of carbonyl (C=O) groups is 1. The van der Waals surface area contributed by atoms with Crippen LogP contribution in [0.3, 0.4) is 0 Å². The number of rotatable bonds is 8. The van der Waals surface area contributed by atoms with Crippen LogP contribution in [-0.2, 0) is 0 Å². The maximum atomic E-state index is 12.7. The van der Waals surface area contributed by atoms with Gasteiger partial charge in [0, 0.05) is 34.3 Å². The molecular formula is C16H18N4OS4. The van der Waals surface area contributed by atoms with E-state index >= 15 is 0 Å². The standard InChI is InChI=1S/C16H18N4OS4/c1-4-6-23-15-18-19-16(25-15)24-9-13(21)12-8-10(2)20(11(12)3)14-17-5-7-22-14/h5,7-8H,4,6,9H2,1-3H3. The average molecular weight is 411 g/mol. The molecule has 0 saturated heterocycles. The van der Waals surface area contributed by atoms with Crippen LogP contribution in [0.2, 0.25) is 0 Å². The molecule has 0 aromatic carbocycles. The van der Waals surface area contributed by atoms with Gasteiger partial charge in [-0.05, 0) is 26.3 Å². The topological polar surface area (TPSA) is 60.7 Å². The van der Waals surface area contributed by atoms with E-state index < -0.39 is 0 Å². The Balaban J connectivity index is 1.68. The number of carbonyl (C=O) groups excluding carboxylic acids is 1. The largest absolute Gasteiger partial charge is 0.294 e. The van der Waals surface area contributed by atoms with E-state index in [0.29, 0.717) is 5.75 Å². The van der Waals surface area contributed by atoms with Gasteiger partial charge in [-0.25, -0.2) is 4.98 Å². The molecule has 3 aromatic heterocycles. The number of thiazole rings is 1. The summed E-state index contributed by atoms with van der Waals surface area (Å²) < 4.78 is 3.85. The lowest BCUT2D eigenvalue weighted by Crippen LogP contribution is -2.05. The van der Waals surface area contributed by atoms with Crippen LogP contribution in [0, 0.1) is 13.8 Å². The fourth-order valence-corrected chi connectivity index (χ4v) is 5.95. The van der Waals surface area contributed by atoms with Gasteiger partial charge in [-0.1, -0.05) is 41.8 Å². The van der Waals surface area contributed by atoms with Crippen molar-refractivity contribution in [2.45, 2.75) is 35.9 Å². The summed E-state index contributed by atoms with van der Waals surface area (Å²) >= 11 is 6.30. The first-order valence-electron chi connectivity index (χ1n) is 7.81. The van der Waals surface area contributed by atoms with Crippen molar-refractivity contribution >= 4 is 52.0 Å². The minimum atomic E-state index is 0.110. The zero-order chi connectivity index (χ0) is 17.8. The molecule has 0 spiro atoms. The molecule has 0 aliphatic rings. The molecule has 3 aromatic rings. The Hall–Kier alpha value is -1.16. The van der Waals surface area contributed by atoms with Crippen LogP contribution in [0.1, 0.15) is 35.1 Å². The molecule has 0 saturated carbocycles. The molecule has 0 N–H and O–H groups in total. The van der Waals surface area contributed by atoms with E-state index in [-0.39, 0.29) is 5.78 Å². The second-order valence-corrected chi connectivity index (χ2v) is 9.74. The fourth-order valence-electron chi connectivity index (χ4n) is 2.37. The van der Waals surface area contributed by atoms with Crippen LogP contribution >= 0.6 is 46.2 Å². The lowest BCUT2D eigenvalue weighted by Gasteiger charge is -2.05. The van der Waals surface area contributed by atoms with Crippen LogP contribution in [0.4, 0.5) is 0 Å². The van der Waals surface area contributed by atoms with E-state index in [0.717, 1.165) is 42.9 Å². The Labute approximate surface area is 163 Å². The van der Waals surface area contributed by atoms with Gasteiger partial charge in [0.2, 0.25) is 0 Å². The van der Waals surface area contributed by atoms with E-state index in [1.165, 1.54) is 11.8 Å². The smallest absolute Gasteiger partial charge is 0.193 e. The molecule has 3 heterocycles. The Morgan fingerprint density at radius 1 is 1.24 bits per heavy atom. The van der Waals surface area contributed by atoms with Gasteiger partial charge in [-0.2, -0.15) is 0 Å². The maximum Gasteiger partial charge on any atom is 0.193 e. The normalized spacial score (nSPS) is 11.2. The highest BCUT2D eigenvalue weighted by Crippen LogP contribution is 2.30. The number of aryl methyl sites for hydroxylation is 1. The van der Waals surface area contributed by atoms with Crippen molar-refractivity contribution in [1.29, 1.82) is 0 Å². The van der Waals surface area contributed by atoms with E-state index in [9.17, 15) is 4.79 Å². The highest BCUT2D eigenvalue weighted by Gasteiger charge is 2.18. The molecule has 0 atom stereocenters. The average Bonchev–Trinajstić information content (AvgIpc) is 3.32. The van der Waals surface area contributed by atoms with Gasteiger partial charge < -0.3 is 0 Å². The lowest BCUT2D eigenvalue weighted by atomic mass is 10.2. The van der Waals surface area contributed by atoms with Crippen molar-refractivity contribution in [3.8, 4) is 5.13 Å². The molecule has 9 heteroatoms. The minimum absolute atomic E-state index is 0.110. The minimum Gasteiger partial charge on any atom is -0.294 e. The molecule has 0 aliphatic carbocycles. The summed E-state index contributed by atoms with van der Waals surface area (Å²) in [6, 6.07) is 1.95. The van der Waals surface area contributed by atoms with Gasteiger partial charge in [-0.3, -0.25) is 9.36 Å². The van der Waals surface area contributed by atoms with Crippen LogP contribution < -0.4 is 0 Å². The predicted octanol–water partition coefficient (Wildman–Crippen LogP) is 4.88. The summed E-state index contributed by atoms with van der Waals surface area (Å²) in [5, 5.41) is 11.2.